The van der Waals surface area contributed by atoms with Crippen molar-refractivity contribution in [1.29, 1.82) is 0 Å². The minimum Gasteiger partial charge on any atom is -0.354 e. The lowest BCUT2D eigenvalue weighted by molar-refractivity contribution is -0.122. The summed E-state index contributed by atoms with van der Waals surface area (Å²) in [5, 5.41) is 5.38. The van der Waals surface area contributed by atoms with Crippen LogP contribution in [0.2, 0.25) is 0 Å². The highest BCUT2D eigenvalue weighted by atomic mass is 35.5. The van der Waals surface area contributed by atoms with Gasteiger partial charge < -0.3 is 16.4 Å². The number of hydrogen-bond acceptors (Lipinski definition) is 5. The molecule has 1 aliphatic rings. The van der Waals surface area contributed by atoms with Crippen LogP contribution in [0.25, 0.3) is 0 Å². The number of hydrogen-bond donors (Lipinski definition) is 3. The molecule has 0 aliphatic carbocycles. The number of piperazine rings is 1. The Bertz CT molecular complexity index is 764. The minimum absolute atomic E-state index is 0. The minimum atomic E-state index is -3.76. The molecule has 10 heteroatoms. The molecule has 1 fully saturated rings. The van der Waals surface area contributed by atoms with Crippen LogP contribution in [0.15, 0.2) is 29.2 Å². The normalized spacial score (nSPS) is 15.6. The molecule has 1 heterocycles. The molecule has 2 amide bonds. The Morgan fingerprint density at radius 1 is 1.26 bits per heavy atom. The van der Waals surface area contributed by atoms with Crippen LogP contribution in [-0.2, 0) is 14.8 Å². The summed E-state index contributed by atoms with van der Waals surface area (Å²) in [6, 6.07) is 5.68. The van der Waals surface area contributed by atoms with Crippen LogP contribution in [0.3, 0.4) is 0 Å². The largest absolute Gasteiger partial charge is 0.354 e. The number of carbonyl (C=O) groups is 2. The first-order valence-electron chi connectivity index (χ1n) is 8.66. The van der Waals surface area contributed by atoms with Crippen molar-refractivity contribution in [1.82, 2.24) is 14.9 Å². The number of amides is 2. The summed E-state index contributed by atoms with van der Waals surface area (Å²) in [6.45, 7) is 4.60. The lowest BCUT2D eigenvalue weighted by Gasteiger charge is -2.27. The zero-order valence-electron chi connectivity index (χ0n) is 15.5. The Hall–Kier alpha value is -1.68. The monoisotopic (exact) mass is 418 g/mol. The van der Waals surface area contributed by atoms with E-state index in [9.17, 15) is 18.0 Å². The number of carbonyl (C=O) groups excluding carboxylic acids is 2. The van der Waals surface area contributed by atoms with Crippen molar-refractivity contribution >= 4 is 34.2 Å². The molecule has 0 spiro atoms. The topological polar surface area (TPSA) is 122 Å². The molecule has 2 rings (SSSR count). The van der Waals surface area contributed by atoms with Gasteiger partial charge in [0.15, 0.2) is 0 Å². The van der Waals surface area contributed by atoms with Crippen molar-refractivity contribution < 1.29 is 18.0 Å². The maximum atomic E-state index is 12.6. The van der Waals surface area contributed by atoms with E-state index in [0.717, 1.165) is 17.1 Å². The van der Waals surface area contributed by atoms with E-state index in [0.29, 0.717) is 12.1 Å². The molecule has 0 aromatic heterocycles. The molecular formula is C17H27ClN4O4S. The molecule has 1 aromatic rings. The van der Waals surface area contributed by atoms with E-state index in [-0.39, 0.29) is 48.8 Å². The van der Waals surface area contributed by atoms with Crippen molar-refractivity contribution in [2.45, 2.75) is 37.1 Å². The molecule has 152 valence electrons. The summed E-state index contributed by atoms with van der Waals surface area (Å²) >= 11 is 0. The van der Waals surface area contributed by atoms with Crippen LogP contribution in [0, 0.1) is 0 Å². The number of sulfonamides is 1. The number of benzene rings is 1. The van der Waals surface area contributed by atoms with Crippen LogP contribution in [-0.4, -0.2) is 56.3 Å². The first-order valence-corrected chi connectivity index (χ1v) is 10.1. The van der Waals surface area contributed by atoms with Crippen LogP contribution in [0.4, 0.5) is 0 Å². The molecule has 0 unspecified atom stereocenters. The van der Waals surface area contributed by atoms with E-state index in [1.165, 1.54) is 24.3 Å². The van der Waals surface area contributed by atoms with E-state index in [2.05, 4.69) is 10.6 Å². The van der Waals surface area contributed by atoms with Gasteiger partial charge in [-0.3, -0.25) is 9.59 Å². The highest BCUT2D eigenvalue weighted by Crippen LogP contribution is 2.17. The third-order valence-electron chi connectivity index (χ3n) is 4.77. The Balaban J connectivity index is 0.00000364. The molecule has 27 heavy (non-hydrogen) atoms. The number of nitrogens with one attached hydrogen (secondary N) is 2. The summed E-state index contributed by atoms with van der Waals surface area (Å²) < 4.78 is 26.3. The highest BCUT2D eigenvalue weighted by molar-refractivity contribution is 7.89. The first-order chi connectivity index (χ1) is 12.2. The van der Waals surface area contributed by atoms with Crippen LogP contribution in [0.1, 0.15) is 37.0 Å². The Kier molecular flexibility index (Phi) is 8.22. The van der Waals surface area contributed by atoms with Gasteiger partial charge in [0, 0.05) is 30.7 Å². The summed E-state index contributed by atoms with van der Waals surface area (Å²) in [5.74, 6) is -0.629. The van der Waals surface area contributed by atoms with Gasteiger partial charge in [0.25, 0.3) is 5.91 Å². The van der Waals surface area contributed by atoms with E-state index in [4.69, 9.17) is 5.73 Å². The van der Waals surface area contributed by atoms with E-state index >= 15 is 0 Å². The van der Waals surface area contributed by atoms with Gasteiger partial charge in [-0.1, -0.05) is 13.8 Å². The molecule has 0 saturated carbocycles. The Labute approximate surface area is 166 Å². The van der Waals surface area contributed by atoms with Gasteiger partial charge in [0.2, 0.25) is 15.9 Å². The van der Waals surface area contributed by atoms with Gasteiger partial charge in [-0.05, 0) is 37.1 Å². The summed E-state index contributed by atoms with van der Waals surface area (Å²) in [4.78, 5) is 23.7. The summed E-state index contributed by atoms with van der Waals surface area (Å²) in [5.41, 5.74) is 6.07. The summed E-state index contributed by atoms with van der Waals surface area (Å²) in [6.07, 6.45) is 1.48. The number of nitrogens with two attached hydrogens (primary N) is 1. The second-order valence-electron chi connectivity index (χ2n) is 6.47. The molecule has 4 N–H and O–H groups in total. The van der Waals surface area contributed by atoms with Crippen molar-refractivity contribution in [2.75, 3.05) is 26.2 Å². The molecule has 0 atom stereocenters. The molecule has 8 nitrogen and oxygen atoms in total. The lowest BCUT2D eigenvalue weighted by atomic mass is 9.94. The number of halogens is 1. The SMILES string of the molecule is CCC(N)(CC)CNC(=O)c1ccc(S(=O)(=O)N2CCNC(=O)C2)cc1.Cl. The average Bonchev–Trinajstić information content (AvgIpc) is 2.66. The van der Waals surface area contributed by atoms with Crippen LogP contribution in [0.5, 0.6) is 0 Å². The fraction of sp³-hybridized carbons (Fsp3) is 0.529. The third-order valence-corrected chi connectivity index (χ3v) is 6.63. The van der Waals surface area contributed by atoms with Gasteiger partial charge in [-0.2, -0.15) is 4.31 Å². The van der Waals surface area contributed by atoms with E-state index < -0.39 is 15.6 Å². The zero-order valence-corrected chi connectivity index (χ0v) is 17.2. The fourth-order valence-electron chi connectivity index (χ4n) is 2.61. The number of rotatable bonds is 7. The van der Waals surface area contributed by atoms with Crippen molar-refractivity contribution in [3.63, 3.8) is 0 Å². The van der Waals surface area contributed by atoms with Gasteiger partial charge in [0.1, 0.15) is 0 Å². The van der Waals surface area contributed by atoms with Gasteiger partial charge >= 0.3 is 0 Å². The Morgan fingerprint density at radius 3 is 2.37 bits per heavy atom. The lowest BCUT2D eigenvalue weighted by Crippen LogP contribution is -2.49. The third kappa shape index (κ3) is 5.65. The van der Waals surface area contributed by atoms with Crippen LogP contribution >= 0.6 is 12.4 Å². The standard InChI is InChI=1S/C17H26N4O4S.ClH/c1-3-17(18,4-2)12-20-16(23)13-5-7-14(8-6-13)26(24,25)21-10-9-19-15(22)11-21;/h5-8H,3-4,9-12,18H2,1-2H3,(H,19,22)(H,20,23);1H. The average molecular weight is 419 g/mol. The van der Waals surface area contributed by atoms with E-state index in [1.54, 1.807) is 0 Å². The Morgan fingerprint density at radius 2 is 1.85 bits per heavy atom. The first kappa shape index (κ1) is 23.4. The molecule has 1 aliphatic heterocycles. The van der Waals surface area contributed by atoms with Crippen molar-refractivity contribution in [2.24, 2.45) is 5.73 Å². The van der Waals surface area contributed by atoms with Gasteiger partial charge in [-0.25, -0.2) is 8.42 Å². The molecule has 1 aromatic carbocycles. The predicted octanol–water partition coefficient (Wildman–Crippen LogP) is 0.476. The van der Waals surface area contributed by atoms with Crippen LogP contribution < -0.4 is 16.4 Å². The smallest absolute Gasteiger partial charge is 0.251 e. The van der Waals surface area contributed by atoms with Gasteiger partial charge in [0.05, 0.1) is 11.4 Å². The van der Waals surface area contributed by atoms with Crippen molar-refractivity contribution in [3.8, 4) is 0 Å². The summed E-state index contributed by atoms with van der Waals surface area (Å²) in [7, 11) is -3.76. The van der Waals surface area contributed by atoms with Gasteiger partial charge in [-0.15, -0.1) is 12.4 Å². The van der Waals surface area contributed by atoms with E-state index in [1.807, 2.05) is 13.8 Å². The highest BCUT2D eigenvalue weighted by Gasteiger charge is 2.29. The fourth-order valence-corrected chi connectivity index (χ4v) is 4.00. The predicted molar refractivity (Wildman–Crippen MR) is 105 cm³/mol. The quantitative estimate of drug-likeness (QED) is 0.594. The zero-order chi connectivity index (χ0) is 19.4. The molecule has 0 bridgehead atoms. The molecular weight excluding hydrogens is 392 g/mol. The maximum Gasteiger partial charge on any atom is 0.251 e. The van der Waals surface area contributed by atoms with Crippen molar-refractivity contribution in [3.05, 3.63) is 29.8 Å². The second-order valence-corrected chi connectivity index (χ2v) is 8.40. The molecule has 1 saturated heterocycles. The second kappa shape index (κ2) is 9.50. The molecule has 0 radical (unpaired) electrons. The number of nitrogens with zero attached hydrogens (tertiary/aromatic N) is 1. The maximum absolute atomic E-state index is 12.6.